The third-order valence-electron chi connectivity index (χ3n) is 0.401. The summed E-state index contributed by atoms with van der Waals surface area (Å²) in [6.45, 7) is 7.71. The molecule has 62 valence electrons. The minimum atomic E-state index is 0.280. The van der Waals surface area contributed by atoms with Gasteiger partial charge in [-0.25, -0.2) is 0 Å². The highest BCUT2D eigenvalue weighted by Gasteiger charge is 1.81. The molecule has 0 aromatic rings. The van der Waals surface area contributed by atoms with Gasteiger partial charge in [0.25, 0.3) is 0 Å². The van der Waals surface area contributed by atoms with Crippen molar-refractivity contribution in [3.8, 4) is 0 Å². The fourth-order valence-corrected chi connectivity index (χ4v) is 0.136. The molecule has 3 heteroatoms. The maximum Gasteiger partial charge on any atom is 0.207 e. The van der Waals surface area contributed by atoms with E-state index in [2.05, 4.69) is 5.32 Å². The van der Waals surface area contributed by atoms with Crippen molar-refractivity contribution in [1.29, 1.82) is 0 Å². The SMILES string of the molecule is CC(C)N.CC(C)NC=O. The molecule has 0 aliphatic heterocycles. The smallest absolute Gasteiger partial charge is 0.207 e. The van der Waals surface area contributed by atoms with Crippen LogP contribution < -0.4 is 11.1 Å². The van der Waals surface area contributed by atoms with Crippen LogP contribution in [0.4, 0.5) is 0 Å². The molecule has 1 amide bonds. The summed E-state index contributed by atoms with van der Waals surface area (Å²) in [5.41, 5.74) is 5.11. The fraction of sp³-hybridized carbons (Fsp3) is 0.857. The lowest BCUT2D eigenvalue weighted by molar-refractivity contribution is -0.109. The molecule has 0 saturated carbocycles. The summed E-state index contributed by atoms with van der Waals surface area (Å²) < 4.78 is 0. The van der Waals surface area contributed by atoms with Gasteiger partial charge in [0.05, 0.1) is 0 Å². The van der Waals surface area contributed by atoms with Crippen LogP contribution in [0.3, 0.4) is 0 Å². The van der Waals surface area contributed by atoms with Gasteiger partial charge in [0, 0.05) is 6.04 Å². The van der Waals surface area contributed by atoms with Crippen molar-refractivity contribution in [2.24, 2.45) is 5.73 Å². The molecule has 0 saturated heterocycles. The van der Waals surface area contributed by atoms with E-state index in [1.807, 2.05) is 27.7 Å². The zero-order chi connectivity index (χ0) is 8.57. The lowest BCUT2D eigenvalue weighted by atomic mass is 10.4. The number of amides is 1. The van der Waals surface area contributed by atoms with E-state index in [1.165, 1.54) is 0 Å². The van der Waals surface area contributed by atoms with Crippen LogP contribution in [0.15, 0.2) is 0 Å². The van der Waals surface area contributed by atoms with Crippen LogP contribution in [0.25, 0.3) is 0 Å². The van der Waals surface area contributed by atoms with Gasteiger partial charge in [-0.1, -0.05) is 13.8 Å². The predicted molar refractivity (Wildman–Crippen MR) is 43.7 cm³/mol. The molecule has 0 unspecified atom stereocenters. The summed E-state index contributed by atoms with van der Waals surface area (Å²) in [4.78, 5) is 9.50. The Hall–Kier alpha value is -0.570. The van der Waals surface area contributed by atoms with Crippen molar-refractivity contribution in [2.45, 2.75) is 39.8 Å². The second-order valence-corrected chi connectivity index (χ2v) is 2.68. The summed E-state index contributed by atoms with van der Waals surface area (Å²) in [5.74, 6) is 0. The topological polar surface area (TPSA) is 55.1 Å². The van der Waals surface area contributed by atoms with Crippen molar-refractivity contribution in [1.82, 2.24) is 5.32 Å². The van der Waals surface area contributed by atoms with Gasteiger partial charge in [0.15, 0.2) is 0 Å². The number of rotatable bonds is 2. The Kier molecular flexibility index (Phi) is 10.2. The maximum absolute atomic E-state index is 9.50. The second kappa shape index (κ2) is 8.43. The molecule has 0 radical (unpaired) electrons. The van der Waals surface area contributed by atoms with E-state index >= 15 is 0 Å². The van der Waals surface area contributed by atoms with Gasteiger partial charge >= 0.3 is 0 Å². The first kappa shape index (κ1) is 12.1. The molecule has 0 aromatic carbocycles. The molecule has 0 fully saturated rings. The van der Waals surface area contributed by atoms with Gasteiger partial charge in [-0.2, -0.15) is 0 Å². The minimum absolute atomic E-state index is 0.280. The van der Waals surface area contributed by atoms with E-state index in [-0.39, 0.29) is 6.04 Å². The van der Waals surface area contributed by atoms with Crippen molar-refractivity contribution in [3.63, 3.8) is 0 Å². The van der Waals surface area contributed by atoms with Crippen LogP contribution in [0.5, 0.6) is 0 Å². The van der Waals surface area contributed by atoms with E-state index < -0.39 is 0 Å². The highest BCUT2D eigenvalue weighted by Crippen LogP contribution is 1.67. The van der Waals surface area contributed by atoms with E-state index in [0.717, 1.165) is 0 Å². The van der Waals surface area contributed by atoms with Gasteiger partial charge < -0.3 is 11.1 Å². The quantitative estimate of drug-likeness (QED) is 0.557. The highest BCUT2D eigenvalue weighted by atomic mass is 16.1. The summed E-state index contributed by atoms with van der Waals surface area (Å²) in [6.07, 6.45) is 0.699. The Morgan fingerprint density at radius 1 is 1.30 bits per heavy atom. The van der Waals surface area contributed by atoms with Gasteiger partial charge in [-0.3, -0.25) is 4.79 Å². The number of nitrogens with one attached hydrogen (secondary N) is 1. The third kappa shape index (κ3) is 52.0. The van der Waals surface area contributed by atoms with E-state index in [4.69, 9.17) is 5.73 Å². The molecule has 3 N–H and O–H groups in total. The molecule has 0 aromatic heterocycles. The lowest BCUT2D eigenvalue weighted by Gasteiger charge is -1.96. The number of hydrogen-bond donors (Lipinski definition) is 2. The van der Waals surface area contributed by atoms with Crippen LogP contribution >= 0.6 is 0 Å². The first-order valence-electron chi connectivity index (χ1n) is 3.46. The Morgan fingerprint density at radius 2 is 1.60 bits per heavy atom. The van der Waals surface area contributed by atoms with Gasteiger partial charge in [-0.05, 0) is 19.9 Å². The van der Waals surface area contributed by atoms with Gasteiger partial charge in [0.1, 0.15) is 0 Å². The van der Waals surface area contributed by atoms with Crippen molar-refractivity contribution in [3.05, 3.63) is 0 Å². The molecular formula is C7H18N2O. The Morgan fingerprint density at radius 3 is 1.60 bits per heavy atom. The summed E-state index contributed by atoms with van der Waals surface area (Å²) in [6, 6.07) is 0.613. The van der Waals surface area contributed by atoms with E-state index in [9.17, 15) is 4.79 Å². The third-order valence-corrected chi connectivity index (χ3v) is 0.401. The monoisotopic (exact) mass is 146 g/mol. The summed E-state index contributed by atoms with van der Waals surface area (Å²) in [7, 11) is 0. The molecule has 0 spiro atoms. The summed E-state index contributed by atoms with van der Waals surface area (Å²) >= 11 is 0. The van der Waals surface area contributed by atoms with E-state index in [1.54, 1.807) is 0 Å². The average molecular weight is 146 g/mol. The minimum Gasteiger partial charge on any atom is -0.357 e. The maximum atomic E-state index is 9.50. The zero-order valence-electron chi connectivity index (χ0n) is 7.22. The standard InChI is InChI=1S/C4H9NO.C3H9N/c1-4(2)5-3-6;1-3(2)4/h3-4H,1-2H3,(H,5,6);3H,4H2,1-2H3. The van der Waals surface area contributed by atoms with E-state index in [0.29, 0.717) is 12.5 Å². The average Bonchev–Trinajstić information content (AvgIpc) is 1.62. The molecule has 0 atom stereocenters. The fourth-order valence-electron chi connectivity index (χ4n) is 0.136. The van der Waals surface area contributed by atoms with Crippen molar-refractivity contribution >= 4 is 6.41 Å². The Balaban J connectivity index is 0. The Bertz CT molecular complexity index is 69.3. The molecule has 0 heterocycles. The van der Waals surface area contributed by atoms with Crippen LogP contribution in [0.2, 0.25) is 0 Å². The molecule has 0 aliphatic rings. The molecule has 10 heavy (non-hydrogen) atoms. The zero-order valence-corrected chi connectivity index (χ0v) is 7.22. The van der Waals surface area contributed by atoms with Crippen LogP contribution in [0, 0.1) is 0 Å². The van der Waals surface area contributed by atoms with Gasteiger partial charge in [0.2, 0.25) is 6.41 Å². The first-order chi connectivity index (χ1) is 4.50. The predicted octanol–water partition coefficient (Wildman–Crippen LogP) is 0.494. The van der Waals surface area contributed by atoms with Crippen molar-refractivity contribution < 1.29 is 4.79 Å². The molecule has 0 bridgehead atoms. The second-order valence-electron chi connectivity index (χ2n) is 2.68. The number of carbonyl (C=O) groups is 1. The Labute approximate surface area is 63.0 Å². The number of hydrogen-bond acceptors (Lipinski definition) is 2. The number of carbonyl (C=O) groups excluding carboxylic acids is 1. The van der Waals surface area contributed by atoms with Crippen LogP contribution in [0.1, 0.15) is 27.7 Å². The lowest BCUT2D eigenvalue weighted by Crippen LogP contribution is -2.19. The number of nitrogens with two attached hydrogens (primary N) is 1. The van der Waals surface area contributed by atoms with Crippen LogP contribution in [-0.2, 0) is 4.79 Å². The molecule has 3 nitrogen and oxygen atoms in total. The molecule has 0 rings (SSSR count). The van der Waals surface area contributed by atoms with Crippen LogP contribution in [-0.4, -0.2) is 18.5 Å². The molecular weight excluding hydrogens is 128 g/mol. The largest absolute Gasteiger partial charge is 0.357 e. The first-order valence-corrected chi connectivity index (χ1v) is 3.46. The summed E-state index contributed by atoms with van der Waals surface area (Å²) in [5, 5.41) is 2.53. The highest BCUT2D eigenvalue weighted by molar-refractivity contribution is 5.46. The normalized spacial score (nSPS) is 8.70. The van der Waals surface area contributed by atoms with Crippen molar-refractivity contribution in [2.75, 3.05) is 0 Å². The molecule has 0 aliphatic carbocycles. The van der Waals surface area contributed by atoms with Gasteiger partial charge in [-0.15, -0.1) is 0 Å².